The lowest BCUT2D eigenvalue weighted by molar-refractivity contribution is 0.0440. The van der Waals surface area contributed by atoms with Crippen molar-refractivity contribution in [3.63, 3.8) is 0 Å². The van der Waals surface area contributed by atoms with Crippen LogP contribution in [0, 0.1) is 5.92 Å². The fraction of sp³-hybridized carbons (Fsp3) is 1.00. The molecule has 0 radical (unpaired) electrons. The molecule has 1 saturated heterocycles. The fourth-order valence-electron chi connectivity index (χ4n) is 3.45. The van der Waals surface area contributed by atoms with Gasteiger partial charge in [-0.05, 0) is 32.6 Å². The molecule has 1 heterocycles. The minimum atomic E-state index is 0.695. The van der Waals surface area contributed by atoms with Crippen LogP contribution in [0.2, 0.25) is 0 Å². The van der Waals surface area contributed by atoms with Crippen molar-refractivity contribution in [3.8, 4) is 0 Å². The maximum Gasteiger partial charge on any atom is 0.0593 e. The van der Waals surface area contributed by atoms with Gasteiger partial charge >= 0.3 is 0 Å². The normalized spacial score (nSPS) is 28.0. The molecular weight excluding hydrogens is 224 g/mol. The zero-order chi connectivity index (χ0) is 12.8. The van der Waals surface area contributed by atoms with Crippen LogP contribution in [0.25, 0.3) is 0 Å². The molecule has 2 aliphatic rings. The van der Waals surface area contributed by atoms with Crippen LogP contribution in [-0.2, 0) is 4.74 Å². The summed E-state index contributed by atoms with van der Waals surface area (Å²) in [6.45, 7) is 12.4. The summed E-state index contributed by atoms with van der Waals surface area (Å²) in [4.78, 5) is 5.28. The highest BCUT2D eigenvalue weighted by Crippen LogP contribution is 2.26. The lowest BCUT2D eigenvalue weighted by Crippen LogP contribution is -2.53. The molecule has 0 bridgehead atoms. The lowest BCUT2D eigenvalue weighted by Gasteiger charge is -2.40. The van der Waals surface area contributed by atoms with Crippen molar-refractivity contribution < 1.29 is 4.74 Å². The van der Waals surface area contributed by atoms with Crippen LogP contribution in [0.3, 0.4) is 0 Å². The summed E-state index contributed by atoms with van der Waals surface area (Å²) >= 11 is 0. The quantitative estimate of drug-likeness (QED) is 0.676. The highest BCUT2D eigenvalue weighted by molar-refractivity contribution is 4.81. The molecule has 0 aromatic heterocycles. The Bertz CT molecular complexity index is 229. The molecule has 2 rings (SSSR count). The van der Waals surface area contributed by atoms with Crippen LogP contribution in [0.15, 0.2) is 0 Å². The van der Waals surface area contributed by atoms with Gasteiger partial charge in [-0.1, -0.05) is 12.8 Å². The van der Waals surface area contributed by atoms with Crippen LogP contribution >= 0.6 is 0 Å². The highest BCUT2D eigenvalue weighted by atomic mass is 16.5. The number of nitrogens with zero attached hydrogens (tertiary/aromatic N) is 2. The molecule has 0 amide bonds. The lowest BCUT2D eigenvalue weighted by atomic mass is 10.1. The number of hydrogen-bond acceptors (Lipinski definition) is 3. The molecule has 2 fully saturated rings. The first kappa shape index (κ1) is 14.3. The molecule has 0 aromatic carbocycles. The van der Waals surface area contributed by atoms with Crippen molar-refractivity contribution in [2.75, 3.05) is 45.9 Å². The molecule has 18 heavy (non-hydrogen) atoms. The van der Waals surface area contributed by atoms with Gasteiger partial charge in [0.1, 0.15) is 0 Å². The first-order valence-corrected chi connectivity index (χ1v) is 7.83. The second-order valence-corrected chi connectivity index (χ2v) is 5.99. The molecule has 0 spiro atoms. The summed E-state index contributed by atoms with van der Waals surface area (Å²) in [6, 6.07) is 0.695. The number of piperazine rings is 1. The third-order valence-corrected chi connectivity index (χ3v) is 4.57. The summed E-state index contributed by atoms with van der Waals surface area (Å²) in [5.74, 6) is 0.993. The molecule has 3 nitrogen and oxygen atoms in total. The summed E-state index contributed by atoms with van der Waals surface area (Å²) in [5.41, 5.74) is 0. The van der Waals surface area contributed by atoms with Gasteiger partial charge in [-0.2, -0.15) is 0 Å². The maximum atomic E-state index is 5.46. The Kier molecular flexibility index (Phi) is 5.93. The minimum absolute atomic E-state index is 0.695. The van der Waals surface area contributed by atoms with Crippen LogP contribution in [0.5, 0.6) is 0 Å². The number of ether oxygens (including phenoxy) is 1. The molecule has 0 aromatic rings. The van der Waals surface area contributed by atoms with Gasteiger partial charge in [-0.25, -0.2) is 0 Å². The number of rotatable bonds is 6. The number of hydrogen-bond donors (Lipinski definition) is 0. The van der Waals surface area contributed by atoms with Crippen LogP contribution in [0.4, 0.5) is 0 Å². The Balaban J connectivity index is 1.66. The standard InChI is InChI=1S/C15H30N2O/c1-3-18-11-10-17-9-8-16(12-14(17)2)13-15-6-4-5-7-15/h14-15H,3-13H2,1-2H3/t14-/m0/s1. The monoisotopic (exact) mass is 254 g/mol. The molecule has 1 atom stereocenters. The van der Waals surface area contributed by atoms with Gasteiger partial charge < -0.3 is 9.64 Å². The van der Waals surface area contributed by atoms with Gasteiger partial charge in [0.15, 0.2) is 0 Å². The Morgan fingerprint density at radius 2 is 1.94 bits per heavy atom. The second-order valence-electron chi connectivity index (χ2n) is 5.99. The Morgan fingerprint density at radius 1 is 1.17 bits per heavy atom. The molecule has 1 aliphatic carbocycles. The van der Waals surface area contributed by atoms with Crippen molar-refractivity contribution in [2.24, 2.45) is 5.92 Å². The van der Waals surface area contributed by atoms with E-state index in [1.165, 1.54) is 51.9 Å². The summed E-state index contributed by atoms with van der Waals surface area (Å²) in [6.07, 6.45) is 5.88. The fourth-order valence-corrected chi connectivity index (χ4v) is 3.45. The van der Waals surface area contributed by atoms with E-state index in [4.69, 9.17) is 4.74 Å². The Morgan fingerprint density at radius 3 is 2.61 bits per heavy atom. The Labute approximate surface area is 112 Å². The zero-order valence-corrected chi connectivity index (χ0v) is 12.2. The SMILES string of the molecule is CCOCCN1CCN(CC2CCCC2)C[C@@H]1C. The van der Waals surface area contributed by atoms with Gasteiger partial charge in [-0.15, -0.1) is 0 Å². The molecule has 0 unspecified atom stereocenters. The molecule has 1 aliphatic heterocycles. The van der Waals surface area contributed by atoms with E-state index in [2.05, 4.69) is 23.6 Å². The van der Waals surface area contributed by atoms with E-state index in [-0.39, 0.29) is 0 Å². The molecule has 1 saturated carbocycles. The molecule has 0 N–H and O–H groups in total. The first-order valence-electron chi connectivity index (χ1n) is 7.83. The third-order valence-electron chi connectivity index (χ3n) is 4.57. The van der Waals surface area contributed by atoms with Crippen molar-refractivity contribution >= 4 is 0 Å². The topological polar surface area (TPSA) is 15.7 Å². The van der Waals surface area contributed by atoms with E-state index in [1.54, 1.807) is 0 Å². The van der Waals surface area contributed by atoms with Gasteiger partial charge in [-0.3, -0.25) is 4.90 Å². The van der Waals surface area contributed by atoms with Crippen LogP contribution in [-0.4, -0.2) is 61.8 Å². The predicted octanol–water partition coefficient (Wildman–Crippen LogP) is 2.22. The van der Waals surface area contributed by atoms with E-state index in [0.29, 0.717) is 6.04 Å². The molecule has 3 heteroatoms. The van der Waals surface area contributed by atoms with Crippen LogP contribution < -0.4 is 0 Å². The Hall–Kier alpha value is -0.120. The van der Waals surface area contributed by atoms with Gasteiger partial charge in [0, 0.05) is 45.4 Å². The van der Waals surface area contributed by atoms with E-state index < -0.39 is 0 Å². The van der Waals surface area contributed by atoms with E-state index in [0.717, 1.165) is 25.7 Å². The van der Waals surface area contributed by atoms with Gasteiger partial charge in [0.25, 0.3) is 0 Å². The second kappa shape index (κ2) is 7.46. The summed E-state index contributed by atoms with van der Waals surface area (Å²) in [5, 5.41) is 0. The summed E-state index contributed by atoms with van der Waals surface area (Å²) < 4.78 is 5.46. The van der Waals surface area contributed by atoms with Crippen molar-refractivity contribution in [2.45, 2.75) is 45.6 Å². The average molecular weight is 254 g/mol. The summed E-state index contributed by atoms with van der Waals surface area (Å²) in [7, 11) is 0. The first-order chi connectivity index (χ1) is 8.79. The van der Waals surface area contributed by atoms with E-state index in [9.17, 15) is 0 Å². The van der Waals surface area contributed by atoms with Crippen molar-refractivity contribution in [1.29, 1.82) is 0 Å². The highest BCUT2D eigenvalue weighted by Gasteiger charge is 2.26. The minimum Gasteiger partial charge on any atom is -0.380 e. The van der Waals surface area contributed by atoms with E-state index in [1.807, 2.05) is 0 Å². The molecule has 106 valence electrons. The van der Waals surface area contributed by atoms with Crippen molar-refractivity contribution in [1.82, 2.24) is 9.80 Å². The predicted molar refractivity (Wildman–Crippen MR) is 75.9 cm³/mol. The molecular formula is C15H30N2O. The zero-order valence-electron chi connectivity index (χ0n) is 12.2. The average Bonchev–Trinajstić information content (AvgIpc) is 2.85. The van der Waals surface area contributed by atoms with Crippen molar-refractivity contribution in [3.05, 3.63) is 0 Å². The van der Waals surface area contributed by atoms with Gasteiger partial charge in [0.05, 0.1) is 6.61 Å². The van der Waals surface area contributed by atoms with Crippen LogP contribution in [0.1, 0.15) is 39.5 Å². The van der Waals surface area contributed by atoms with Gasteiger partial charge in [0.2, 0.25) is 0 Å². The smallest absolute Gasteiger partial charge is 0.0593 e. The third kappa shape index (κ3) is 4.22. The maximum absolute atomic E-state index is 5.46. The largest absolute Gasteiger partial charge is 0.380 e. The van der Waals surface area contributed by atoms with E-state index >= 15 is 0 Å².